The minimum atomic E-state index is 1.08. The predicted molar refractivity (Wildman–Crippen MR) is 47.1 cm³/mol. The van der Waals surface area contributed by atoms with E-state index in [9.17, 15) is 0 Å². The summed E-state index contributed by atoms with van der Waals surface area (Å²) in [5, 5.41) is 1.08. The largest absolute Gasteiger partial charge is 0.455 e. The zero-order valence-electron chi connectivity index (χ0n) is 6.72. The summed E-state index contributed by atoms with van der Waals surface area (Å²) in [6.45, 7) is 0. The van der Waals surface area contributed by atoms with Crippen molar-refractivity contribution in [3.05, 3.63) is 17.4 Å². The topological polar surface area (TPSA) is 13.1 Å². The van der Waals surface area contributed by atoms with E-state index in [2.05, 4.69) is 12.3 Å². The van der Waals surface area contributed by atoms with Crippen molar-refractivity contribution >= 4 is 11.8 Å². The van der Waals surface area contributed by atoms with Crippen molar-refractivity contribution in [2.24, 2.45) is 0 Å². The molecule has 0 saturated carbocycles. The molecular weight excluding hydrogens is 156 g/mol. The first kappa shape index (κ1) is 7.29. The van der Waals surface area contributed by atoms with Gasteiger partial charge in [0.1, 0.15) is 5.76 Å². The van der Waals surface area contributed by atoms with Crippen LogP contribution in [0.3, 0.4) is 0 Å². The summed E-state index contributed by atoms with van der Waals surface area (Å²) in [5.74, 6) is 1.24. The first-order chi connectivity index (χ1) is 5.40. The monoisotopic (exact) mass is 168 g/mol. The maximum Gasteiger partial charge on any atom is 0.160 e. The second-order valence-electron chi connectivity index (χ2n) is 2.93. The van der Waals surface area contributed by atoms with Gasteiger partial charge in [-0.2, -0.15) is 0 Å². The Morgan fingerprint density at radius 2 is 2.18 bits per heavy atom. The number of fused-ring (bicyclic) bond motifs is 1. The highest BCUT2D eigenvalue weighted by molar-refractivity contribution is 7.98. The van der Waals surface area contributed by atoms with E-state index in [4.69, 9.17) is 4.42 Å². The van der Waals surface area contributed by atoms with Crippen LogP contribution in [0.5, 0.6) is 0 Å². The smallest absolute Gasteiger partial charge is 0.160 e. The lowest BCUT2D eigenvalue weighted by Crippen LogP contribution is -1.97. The van der Waals surface area contributed by atoms with Crippen LogP contribution >= 0.6 is 11.8 Å². The van der Waals surface area contributed by atoms with Crippen LogP contribution in [-0.4, -0.2) is 6.26 Å². The first-order valence-electron chi connectivity index (χ1n) is 4.06. The second kappa shape index (κ2) is 2.94. The molecular formula is C9H12OS. The van der Waals surface area contributed by atoms with Gasteiger partial charge in [-0.05, 0) is 37.1 Å². The third-order valence-corrected chi connectivity index (χ3v) is 2.78. The van der Waals surface area contributed by atoms with Crippen molar-refractivity contribution < 1.29 is 4.42 Å². The Bertz CT molecular complexity index is 229. The van der Waals surface area contributed by atoms with Crippen molar-refractivity contribution in [3.63, 3.8) is 0 Å². The average Bonchev–Trinajstić information content (AvgIpc) is 2.46. The number of furan rings is 1. The van der Waals surface area contributed by atoms with Gasteiger partial charge in [0.15, 0.2) is 5.09 Å². The maximum absolute atomic E-state index is 5.62. The van der Waals surface area contributed by atoms with Gasteiger partial charge in [-0.1, -0.05) is 11.8 Å². The first-order valence-corrected chi connectivity index (χ1v) is 5.28. The quantitative estimate of drug-likeness (QED) is 0.598. The Morgan fingerprint density at radius 3 is 2.91 bits per heavy atom. The highest BCUT2D eigenvalue weighted by atomic mass is 32.2. The number of rotatable bonds is 1. The van der Waals surface area contributed by atoms with Gasteiger partial charge in [0, 0.05) is 6.42 Å². The molecule has 0 amide bonds. The molecule has 1 nitrogen and oxygen atoms in total. The number of hydrogen-bond acceptors (Lipinski definition) is 2. The van der Waals surface area contributed by atoms with Crippen molar-refractivity contribution in [2.45, 2.75) is 30.8 Å². The van der Waals surface area contributed by atoms with Gasteiger partial charge in [-0.25, -0.2) is 0 Å². The summed E-state index contributed by atoms with van der Waals surface area (Å²) in [4.78, 5) is 0. The predicted octanol–water partition coefficient (Wildman–Crippen LogP) is 2.88. The summed E-state index contributed by atoms with van der Waals surface area (Å²) >= 11 is 1.70. The van der Waals surface area contributed by atoms with Crippen LogP contribution in [0.15, 0.2) is 15.6 Å². The van der Waals surface area contributed by atoms with Crippen LogP contribution in [0.2, 0.25) is 0 Å². The number of aryl methyl sites for hydroxylation is 2. The normalized spacial score (nSPS) is 16.5. The van der Waals surface area contributed by atoms with Gasteiger partial charge in [-0.15, -0.1) is 0 Å². The molecule has 0 radical (unpaired) electrons. The lowest BCUT2D eigenvalue weighted by molar-refractivity contribution is 0.415. The Balaban J connectivity index is 2.32. The molecule has 0 saturated heterocycles. The molecule has 0 aromatic carbocycles. The van der Waals surface area contributed by atoms with E-state index in [0.717, 1.165) is 11.5 Å². The molecule has 1 aromatic heterocycles. The number of thioether (sulfide) groups is 1. The molecule has 0 spiro atoms. The van der Waals surface area contributed by atoms with Crippen molar-refractivity contribution in [1.82, 2.24) is 0 Å². The third-order valence-electron chi connectivity index (χ3n) is 2.18. The van der Waals surface area contributed by atoms with Gasteiger partial charge in [0.25, 0.3) is 0 Å². The van der Waals surface area contributed by atoms with E-state index in [1.807, 2.05) is 0 Å². The second-order valence-corrected chi connectivity index (χ2v) is 3.74. The molecule has 2 heteroatoms. The van der Waals surface area contributed by atoms with Crippen LogP contribution in [-0.2, 0) is 12.8 Å². The van der Waals surface area contributed by atoms with Gasteiger partial charge < -0.3 is 4.42 Å². The highest BCUT2D eigenvalue weighted by Gasteiger charge is 2.13. The SMILES string of the molecule is CSc1cc2c(o1)CCCC2. The molecule has 1 aliphatic carbocycles. The van der Waals surface area contributed by atoms with Crippen molar-refractivity contribution in [1.29, 1.82) is 0 Å². The highest BCUT2D eigenvalue weighted by Crippen LogP contribution is 2.28. The summed E-state index contributed by atoms with van der Waals surface area (Å²) < 4.78 is 5.62. The fraction of sp³-hybridized carbons (Fsp3) is 0.556. The van der Waals surface area contributed by atoms with Gasteiger partial charge in [-0.3, -0.25) is 0 Å². The van der Waals surface area contributed by atoms with Crippen molar-refractivity contribution in [3.8, 4) is 0 Å². The lowest BCUT2D eigenvalue weighted by Gasteiger charge is -2.07. The summed E-state index contributed by atoms with van der Waals surface area (Å²) in [5.41, 5.74) is 1.45. The van der Waals surface area contributed by atoms with E-state index in [1.54, 1.807) is 11.8 Å². The Labute approximate surface area is 71.2 Å². The van der Waals surface area contributed by atoms with E-state index in [1.165, 1.54) is 30.6 Å². The molecule has 2 rings (SSSR count). The van der Waals surface area contributed by atoms with Crippen LogP contribution in [0.25, 0.3) is 0 Å². The van der Waals surface area contributed by atoms with Gasteiger partial charge >= 0.3 is 0 Å². The van der Waals surface area contributed by atoms with Crippen LogP contribution in [0, 0.1) is 0 Å². The number of hydrogen-bond donors (Lipinski definition) is 0. The van der Waals surface area contributed by atoms with E-state index >= 15 is 0 Å². The molecule has 1 aliphatic rings. The summed E-state index contributed by atoms with van der Waals surface area (Å²) in [6, 6.07) is 2.19. The van der Waals surface area contributed by atoms with E-state index in [-0.39, 0.29) is 0 Å². The maximum atomic E-state index is 5.62. The molecule has 0 unspecified atom stereocenters. The molecule has 1 heterocycles. The van der Waals surface area contributed by atoms with Crippen LogP contribution < -0.4 is 0 Å². The standard InChI is InChI=1S/C9H12OS/c1-11-9-6-7-4-2-3-5-8(7)10-9/h6H,2-5H2,1H3. The molecule has 1 aromatic rings. The van der Waals surface area contributed by atoms with Gasteiger partial charge in [0.2, 0.25) is 0 Å². The molecule has 60 valence electrons. The third kappa shape index (κ3) is 1.32. The lowest BCUT2D eigenvalue weighted by atomic mass is 9.99. The summed E-state index contributed by atoms with van der Waals surface area (Å²) in [6.07, 6.45) is 7.06. The summed E-state index contributed by atoms with van der Waals surface area (Å²) in [7, 11) is 0. The van der Waals surface area contributed by atoms with E-state index < -0.39 is 0 Å². The Kier molecular flexibility index (Phi) is 1.95. The van der Waals surface area contributed by atoms with Gasteiger partial charge in [0.05, 0.1) is 0 Å². The fourth-order valence-corrected chi connectivity index (χ4v) is 2.01. The fourth-order valence-electron chi connectivity index (χ4n) is 1.56. The Hall–Kier alpha value is -0.370. The van der Waals surface area contributed by atoms with Crippen LogP contribution in [0.1, 0.15) is 24.2 Å². The molecule has 0 fully saturated rings. The molecule has 0 N–H and O–H groups in total. The molecule has 0 atom stereocenters. The average molecular weight is 168 g/mol. The Morgan fingerprint density at radius 1 is 1.36 bits per heavy atom. The minimum absolute atomic E-state index is 1.08. The van der Waals surface area contributed by atoms with Crippen LogP contribution in [0.4, 0.5) is 0 Å². The minimum Gasteiger partial charge on any atom is -0.455 e. The zero-order valence-corrected chi connectivity index (χ0v) is 7.54. The molecule has 11 heavy (non-hydrogen) atoms. The zero-order chi connectivity index (χ0) is 7.68. The van der Waals surface area contributed by atoms with E-state index in [0.29, 0.717) is 0 Å². The van der Waals surface area contributed by atoms with Crippen molar-refractivity contribution in [2.75, 3.05) is 6.26 Å². The molecule has 0 bridgehead atoms. The molecule has 0 aliphatic heterocycles.